The minimum absolute atomic E-state index is 0.0580. The summed E-state index contributed by atoms with van der Waals surface area (Å²) in [6, 6.07) is 4.28. The van der Waals surface area contributed by atoms with Crippen molar-refractivity contribution in [1.29, 1.82) is 0 Å². The van der Waals surface area contributed by atoms with Gasteiger partial charge in [0.15, 0.2) is 0 Å². The summed E-state index contributed by atoms with van der Waals surface area (Å²) < 4.78 is 0. The number of hydrogen-bond donors (Lipinski definition) is 2. The van der Waals surface area contributed by atoms with E-state index in [9.17, 15) is 24.8 Å². The second-order valence-corrected chi connectivity index (χ2v) is 8.33. The van der Waals surface area contributed by atoms with E-state index in [1.807, 2.05) is 0 Å². The molecule has 0 aliphatic carbocycles. The lowest BCUT2D eigenvalue weighted by atomic mass is 10.1. The Hall–Kier alpha value is -2.94. The van der Waals surface area contributed by atoms with E-state index in [1.54, 1.807) is 19.9 Å². The van der Waals surface area contributed by atoms with Crippen LogP contribution in [0.2, 0.25) is 0 Å². The summed E-state index contributed by atoms with van der Waals surface area (Å²) in [5.74, 6) is -1.66. The van der Waals surface area contributed by atoms with Gasteiger partial charge in [-0.15, -0.1) is 11.3 Å². The largest absolute Gasteiger partial charge is 0.478 e. The fourth-order valence-corrected chi connectivity index (χ4v) is 4.60. The van der Waals surface area contributed by atoms with Gasteiger partial charge >= 0.3 is 5.97 Å². The Morgan fingerprint density at radius 2 is 1.83 bits per heavy atom. The number of aryl methyl sites for hydroxylation is 1. The SMILES string of the molecule is Cc1sc(NC(=O)c2cc([N+](=O)[O-])ccc2N2CCCCCC2)c(C(=O)O)c1C. The van der Waals surface area contributed by atoms with E-state index in [4.69, 9.17) is 0 Å². The zero-order chi connectivity index (χ0) is 21.1. The standard InChI is InChI=1S/C20H23N3O5S/c1-12-13(2)29-19(17(12)20(25)26)21-18(24)15-11-14(23(27)28)7-8-16(15)22-9-5-3-4-6-10-22/h7-8,11H,3-6,9-10H2,1-2H3,(H,21,24)(H,25,26). The number of nitro groups is 1. The van der Waals surface area contributed by atoms with Crippen molar-refractivity contribution >= 4 is 39.6 Å². The van der Waals surface area contributed by atoms with Crippen LogP contribution in [0.4, 0.5) is 16.4 Å². The molecule has 1 amide bonds. The molecule has 0 spiro atoms. The second kappa shape index (κ2) is 8.60. The maximum atomic E-state index is 13.1. The third-order valence-corrected chi connectivity index (χ3v) is 6.33. The number of benzene rings is 1. The first-order valence-corrected chi connectivity index (χ1v) is 10.3. The van der Waals surface area contributed by atoms with Gasteiger partial charge in [-0.25, -0.2) is 4.79 Å². The van der Waals surface area contributed by atoms with Gasteiger partial charge in [-0.1, -0.05) is 12.8 Å². The van der Waals surface area contributed by atoms with E-state index < -0.39 is 16.8 Å². The van der Waals surface area contributed by atoms with Crippen molar-refractivity contribution in [3.63, 3.8) is 0 Å². The molecule has 8 nitrogen and oxygen atoms in total. The molecule has 0 unspecified atom stereocenters. The number of carbonyl (C=O) groups is 2. The molecule has 2 heterocycles. The normalized spacial score (nSPS) is 14.3. The Balaban J connectivity index is 2.00. The van der Waals surface area contributed by atoms with Crippen molar-refractivity contribution in [2.45, 2.75) is 39.5 Å². The van der Waals surface area contributed by atoms with Crippen LogP contribution in [0.25, 0.3) is 0 Å². The first-order valence-electron chi connectivity index (χ1n) is 9.47. The molecule has 1 aromatic heterocycles. The highest BCUT2D eigenvalue weighted by Gasteiger charge is 2.25. The molecule has 2 aromatic rings. The number of aromatic carboxylic acids is 1. The van der Waals surface area contributed by atoms with Gasteiger partial charge in [-0.05, 0) is 38.3 Å². The van der Waals surface area contributed by atoms with E-state index in [0.717, 1.165) is 43.6 Å². The summed E-state index contributed by atoms with van der Waals surface area (Å²) in [4.78, 5) is 38.3. The third-order valence-electron chi connectivity index (χ3n) is 5.21. The van der Waals surface area contributed by atoms with Crippen LogP contribution in [-0.2, 0) is 0 Å². The van der Waals surface area contributed by atoms with Crippen molar-refractivity contribution in [1.82, 2.24) is 0 Å². The predicted molar refractivity (Wildman–Crippen MR) is 112 cm³/mol. The topological polar surface area (TPSA) is 113 Å². The average Bonchev–Trinajstić information content (AvgIpc) is 2.85. The smallest absolute Gasteiger partial charge is 0.338 e. The van der Waals surface area contributed by atoms with E-state index in [0.29, 0.717) is 11.3 Å². The first kappa shape index (κ1) is 20.8. The summed E-state index contributed by atoms with van der Waals surface area (Å²) in [7, 11) is 0. The van der Waals surface area contributed by atoms with E-state index in [-0.39, 0.29) is 21.8 Å². The van der Waals surface area contributed by atoms with Crippen molar-refractivity contribution in [3.8, 4) is 0 Å². The molecule has 154 valence electrons. The molecule has 0 atom stereocenters. The quantitative estimate of drug-likeness (QED) is 0.543. The van der Waals surface area contributed by atoms with Gasteiger partial charge in [-0.2, -0.15) is 0 Å². The molecule has 9 heteroatoms. The first-order chi connectivity index (χ1) is 13.8. The number of carboxylic acids is 1. The molecular weight excluding hydrogens is 394 g/mol. The number of non-ortho nitro benzene ring substituents is 1. The number of nitro benzene ring substituents is 1. The molecule has 0 saturated carbocycles. The van der Waals surface area contributed by atoms with E-state index in [1.165, 1.54) is 23.5 Å². The van der Waals surface area contributed by atoms with E-state index >= 15 is 0 Å². The number of carbonyl (C=O) groups excluding carboxylic acids is 1. The lowest BCUT2D eigenvalue weighted by molar-refractivity contribution is -0.384. The molecule has 1 aromatic carbocycles. The number of carboxylic acid groups (broad SMARTS) is 1. The zero-order valence-corrected chi connectivity index (χ0v) is 17.2. The monoisotopic (exact) mass is 417 g/mol. The van der Waals surface area contributed by atoms with Crippen molar-refractivity contribution < 1.29 is 19.6 Å². The minimum atomic E-state index is -1.12. The van der Waals surface area contributed by atoms with Gasteiger partial charge in [-0.3, -0.25) is 14.9 Å². The van der Waals surface area contributed by atoms with Gasteiger partial charge in [0, 0.05) is 30.1 Å². The Morgan fingerprint density at radius 3 is 2.41 bits per heavy atom. The van der Waals surface area contributed by atoms with Gasteiger partial charge in [0.25, 0.3) is 11.6 Å². The Morgan fingerprint density at radius 1 is 1.17 bits per heavy atom. The van der Waals surface area contributed by atoms with Crippen molar-refractivity contribution in [3.05, 3.63) is 49.9 Å². The Kier molecular flexibility index (Phi) is 6.17. The molecule has 1 saturated heterocycles. The van der Waals surface area contributed by atoms with Crippen LogP contribution in [0.5, 0.6) is 0 Å². The lowest BCUT2D eigenvalue weighted by Gasteiger charge is -2.25. The maximum absolute atomic E-state index is 13.1. The highest BCUT2D eigenvalue weighted by molar-refractivity contribution is 7.16. The molecule has 2 N–H and O–H groups in total. The Labute approximate surface area is 172 Å². The van der Waals surface area contributed by atoms with Crippen LogP contribution >= 0.6 is 11.3 Å². The predicted octanol–water partition coefficient (Wildman–Crippen LogP) is 4.60. The fraction of sp³-hybridized carbons (Fsp3) is 0.400. The average molecular weight is 417 g/mol. The minimum Gasteiger partial charge on any atom is -0.478 e. The number of rotatable bonds is 5. The molecule has 1 aliphatic heterocycles. The molecule has 1 aliphatic rings. The summed E-state index contributed by atoms with van der Waals surface area (Å²) in [6.45, 7) is 5.03. The van der Waals surface area contributed by atoms with Gasteiger partial charge in [0.2, 0.25) is 0 Å². The molecule has 0 radical (unpaired) electrons. The zero-order valence-electron chi connectivity index (χ0n) is 16.4. The fourth-order valence-electron chi connectivity index (χ4n) is 3.55. The summed E-state index contributed by atoms with van der Waals surface area (Å²) >= 11 is 1.19. The third kappa shape index (κ3) is 4.40. The molecular formula is C20H23N3O5S. The summed E-state index contributed by atoms with van der Waals surface area (Å²) in [6.07, 6.45) is 4.20. The molecule has 29 heavy (non-hydrogen) atoms. The molecule has 1 fully saturated rings. The highest BCUT2D eigenvalue weighted by Crippen LogP contribution is 2.34. The summed E-state index contributed by atoms with van der Waals surface area (Å²) in [5.41, 5.74) is 1.30. The molecule has 0 bridgehead atoms. The van der Waals surface area contributed by atoms with Gasteiger partial charge in [0.1, 0.15) is 5.00 Å². The van der Waals surface area contributed by atoms with Gasteiger partial charge < -0.3 is 15.3 Å². The van der Waals surface area contributed by atoms with Crippen molar-refractivity contribution in [2.24, 2.45) is 0 Å². The number of nitrogens with zero attached hydrogens (tertiary/aromatic N) is 2. The van der Waals surface area contributed by atoms with E-state index in [2.05, 4.69) is 10.2 Å². The van der Waals surface area contributed by atoms with Crippen LogP contribution in [0.1, 0.15) is 56.8 Å². The maximum Gasteiger partial charge on any atom is 0.338 e. The van der Waals surface area contributed by atoms with Crippen molar-refractivity contribution in [2.75, 3.05) is 23.3 Å². The van der Waals surface area contributed by atoms with Crippen LogP contribution in [0.15, 0.2) is 18.2 Å². The summed E-state index contributed by atoms with van der Waals surface area (Å²) in [5, 5.41) is 23.7. The number of thiophene rings is 1. The van der Waals surface area contributed by atoms with Gasteiger partial charge in [0.05, 0.1) is 21.7 Å². The number of amides is 1. The van der Waals surface area contributed by atoms with Crippen LogP contribution in [0.3, 0.4) is 0 Å². The number of anilines is 2. The number of nitrogens with one attached hydrogen (secondary N) is 1. The lowest BCUT2D eigenvalue weighted by Crippen LogP contribution is -2.27. The van der Waals surface area contributed by atoms with Crippen LogP contribution < -0.4 is 10.2 Å². The second-order valence-electron chi connectivity index (χ2n) is 7.11. The molecule has 3 rings (SSSR count). The van der Waals surface area contributed by atoms with Crippen LogP contribution in [-0.4, -0.2) is 35.0 Å². The van der Waals surface area contributed by atoms with Crippen LogP contribution in [0, 0.1) is 24.0 Å². The number of hydrogen-bond acceptors (Lipinski definition) is 6. The Bertz CT molecular complexity index is 961. The highest BCUT2D eigenvalue weighted by atomic mass is 32.1.